The molecule has 10 heteroatoms. The van der Waals surface area contributed by atoms with Gasteiger partial charge in [-0.05, 0) is 27.7 Å². The minimum absolute atomic E-state index is 0.0203. The Morgan fingerprint density at radius 2 is 1.36 bits per heavy atom. The SMILES string of the molecule is CCOOP(=O)(O)/C(C(=O)OCC)=C(\OCC)C(=O)OCC. The Hall–Kier alpha value is -1.41. The Morgan fingerprint density at radius 1 is 0.864 bits per heavy atom. The highest BCUT2D eigenvalue weighted by atomic mass is 31.2. The van der Waals surface area contributed by atoms with Gasteiger partial charge in [-0.2, -0.15) is 0 Å². The zero-order valence-corrected chi connectivity index (χ0v) is 13.9. The first-order chi connectivity index (χ1) is 10.4. The van der Waals surface area contributed by atoms with Crippen molar-refractivity contribution in [1.29, 1.82) is 0 Å². The zero-order valence-electron chi connectivity index (χ0n) is 13.0. The standard InChI is InChI=1S/C12H21O9P/c1-5-17-9(11(13)18-6-2)10(12(14)19-7-3)22(15,16)21-20-8-4/h5-8H2,1-4H3,(H,15,16)/b10-9-. The molecule has 1 unspecified atom stereocenters. The third kappa shape index (κ3) is 6.15. The van der Waals surface area contributed by atoms with Crippen molar-refractivity contribution in [2.75, 3.05) is 26.4 Å². The molecule has 0 aliphatic rings. The van der Waals surface area contributed by atoms with E-state index in [9.17, 15) is 19.0 Å². The normalized spacial score (nSPS) is 14.6. The summed E-state index contributed by atoms with van der Waals surface area (Å²) in [6, 6.07) is 0. The fraction of sp³-hybridized carbons (Fsp3) is 0.667. The van der Waals surface area contributed by atoms with Crippen molar-refractivity contribution in [3.05, 3.63) is 11.1 Å². The van der Waals surface area contributed by atoms with Crippen molar-refractivity contribution in [3.63, 3.8) is 0 Å². The van der Waals surface area contributed by atoms with Gasteiger partial charge < -0.3 is 19.1 Å². The Labute approximate surface area is 128 Å². The molecule has 9 nitrogen and oxygen atoms in total. The molecule has 0 rings (SSSR count). The van der Waals surface area contributed by atoms with Crippen LogP contribution in [0, 0.1) is 0 Å². The lowest BCUT2D eigenvalue weighted by atomic mass is 10.4. The van der Waals surface area contributed by atoms with Crippen molar-refractivity contribution >= 4 is 19.5 Å². The molecular weight excluding hydrogens is 319 g/mol. The predicted octanol–water partition coefficient (Wildman–Crippen LogP) is 1.51. The van der Waals surface area contributed by atoms with Crippen LogP contribution in [0.5, 0.6) is 0 Å². The van der Waals surface area contributed by atoms with E-state index >= 15 is 0 Å². The van der Waals surface area contributed by atoms with Crippen LogP contribution >= 0.6 is 7.60 Å². The quantitative estimate of drug-likeness (QED) is 0.158. The number of hydrogen-bond acceptors (Lipinski definition) is 8. The molecule has 0 radical (unpaired) electrons. The van der Waals surface area contributed by atoms with Gasteiger partial charge in [0.25, 0.3) is 0 Å². The minimum Gasteiger partial charge on any atom is -0.486 e. The van der Waals surface area contributed by atoms with Crippen LogP contribution in [0.25, 0.3) is 0 Å². The second-order valence-corrected chi connectivity index (χ2v) is 5.19. The smallest absolute Gasteiger partial charge is 0.397 e. The van der Waals surface area contributed by atoms with Crippen molar-refractivity contribution in [2.24, 2.45) is 0 Å². The van der Waals surface area contributed by atoms with Crippen molar-refractivity contribution in [3.8, 4) is 0 Å². The van der Waals surface area contributed by atoms with Crippen molar-refractivity contribution in [2.45, 2.75) is 27.7 Å². The van der Waals surface area contributed by atoms with Gasteiger partial charge in [0.15, 0.2) is 0 Å². The molecule has 0 fully saturated rings. The summed E-state index contributed by atoms with van der Waals surface area (Å²) in [5.41, 5.74) is 0. The lowest BCUT2D eigenvalue weighted by Gasteiger charge is -2.17. The van der Waals surface area contributed by atoms with Gasteiger partial charge in [0, 0.05) is 0 Å². The van der Waals surface area contributed by atoms with Crippen LogP contribution in [0.2, 0.25) is 0 Å². The summed E-state index contributed by atoms with van der Waals surface area (Å²) in [4.78, 5) is 38.1. The first-order valence-electron chi connectivity index (χ1n) is 6.71. The first-order valence-corrected chi connectivity index (χ1v) is 8.29. The maximum atomic E-state index is 12.2. The topological polar surface area (TPSA) is 118 Å². The highest BCUT2D eigenvalue weighted by Crippen LogP contribution is 2.53. The molecule has 0 aliphatic carbocycles. The summed E-state index contributed by atoms with van der Waals surface area (Å²) in [6.45, 7) is 5.84. The van der Waals surface area contributed by atoms with E-state index in [1.165, 1.54) is 27.7 Å². The van der Waals surface area contributed by atoms with Crippen LogP contribution < -0.4 is 0 Å². The number of carbonyl (C=O) groups excluding carboxylic acids is 2. The molecule has 0 spiro atoms. The van der Waals surface area contributed by atoms with Gasteiger partial charge in [-0.15, -0.1) is 4.67 Å². The van der Waals surface area contributed by atoms with E-state index in [1.807, 2.05) is 0 Å². The van der Waals surface area contributed by atoms with E-state index in [4.69, 9.17) is 9.47 Å². The van der Waals surface area contributed by atoms with Gasteiger partial charge in [-0.3, -0.25) is 4.57 Å². The number of hydrogen-bond donors (Lipinski definition) is 1. The molecule has 0 saturated heterocycles. The van der Waals surface area contributed by atoms with Crippen LogP contribution in [-0.4, -0.2) is 43.3 Å². The maximum Gasteiger partial charge on any atom is 0.397 e. The van der Waals surface area contributed by atoms with Gasteiger partial charge in [-0.1, -0.05) is 0 Å². The molecule has 128 valence electrons. The lowest BCUT2D eigenvalue weighted by Crippen LogP contribution is -2.20. The molecule has 1 atom stereocenters. The number of carbonyl (C=O) groups is 2. The highest BCUT2D eigenvalue weighted by molar-refractivity contribution is 7.58. The lowest BCUT2D eigenvalue weighted by molar-refractivity contribution is -0.207. The third-order valence-corrected chi connectivity index (χ3v) is 3.25. The fourth-order valence-corrected chi connectivity index (χ4v) is 2.29. The van der Waals surface area contributed by atoms with Crippen LogP contribution in [0.4, 0.5) is 0 Å². The second kappa shape index (κ2) is 10.3. The van der Waals surface area contributed by atoms with E-state index < -0.39 is 30.6 Å². The van der Waals surface area contributed by atoms with Gasteiger partial charge in [-0.25, -0.2) is 14.5 Å². The summed E-state index contributed by atoms with van der Waals surface area (Å²) < 4.78 is 30.9. The molecule has 0 aliphatic heterocycles. The molecular formula is C12H21O9P. The average molecular weight is 340 g/mol. The van der Waals surface area contributed by atoms with Crippen LogP contribution in [0.1, 0.15) is 27.7 Å². The second-order valence-electron chi connectivity index (χ2n) is 3.55. The van der Waals surface area contributed by atoms with Crippen LogP contribution in [-0.2, 0) is 37.9 Å². The Bertz CT molecular complexity index is 458. The van der Waals surface area contributed by atoms with Gasteiger partial charge in [0.05, 0.1) is 26.4 Å². The van der Waals surface area contributed by atoms with E-state index in [-0.39, 0.29) is 26.4 Å². The van der Waals surface area contributed by atoms with Gasteiger partial charge in [0.1, 0.15) is 0 Å². The summed E-state index contributed by atoms with van der Waals surface area (Å²) in [7, 11) is -4.81. The largest absolute Gasteiger partial charge is 0.486 e. The van der Waals surface area contributed by atoms with Crippen molar-refractivity contribution < 1.29 is 42.8 Å². The number of esters is 2. The van der Waals surface area contributed by atoms with Gasteiger partial charge >= 0.3 is 19.5 Å². The molecule has 0 bridgehead atoms. The van der Waals surface area contributed by atoms with Crippen molar-refractivity contribution in [1.82, 2.24) is 0 Å². The molecule has 0 amide bonds. The highest BCUT2D eigenvalue weighted by Gasteiger charge is 2.41. The van der Waals surface area contributed by atoms with Crippen LogP contribution in [0.3, 0.4) is 0 Å². The number of ether oxygens (including phenoxy) is 3. The van der Waals surface area contributed by atoms with Gasteiger partial charge in [0.2, 0.25) is 11.1 Å². The Morgan fingerprint density at radius 3 is 1.82 bits per heavy atom. The Balaban J connectivity index is 5.94. The molecule has 22 heavy (non-hydrogen) atoms. The molecule has 1 N–H and O–H groups in total. The molecule has 0 aromatic rings. The first kappa shape index (κ1) is 20.6. The third-order valence-electron chi connectivity index (χ3n) is 1.99. The average Bonchev–Trinajstić information content (AvgIpc) is 2.45. The number of rotatable bonds is 10. The summed E-state index contributed by atoms with van der Waals surface area (Å²) in [5.74, 6) is -3.06. The summed E-state index contributed by atoms with van der Waals surface area (Å²) >= 11 is 0. The minimum atomic E-state index is -4.81. The Kier molecular flexibility index (Phi) is 9.68. The predicted molar refractivity (Wildman–Crippen MR) is 74.5 cm³/mol. The molecule has 0 aromatic heterocycles. The molecule has 0 saturated carbocycles. The fourth-order valence-electron chi connectivity index (χ4n) is 1.26. The van der Waals surface area contributed by atoms with E-state index in [2.05, 4.69) is 14.3 Å². The zero-order chi connectivity index (χ0) is 17.2. The summed E-state index contributed by atoms with van der Waals surface area (Å²) in [6.07, 6.45) is 0. The van der Waals surface area contributed by atoms with E-state index in [1.54, 1.807) is 0 Å². The monoisotopic (exact) mass is 340 g/mol. The molecule has 0 aromatic carbocycles. The van der Waals surface area contributed by atoms with E-state index in [0.717, 1.165) is 0 Å². The molecule has 0 heterocycles. The van der Waals surface area contributed by atoms with E-state index in [0.29, 0.717) is 0 Å². The maximum absolute atomic E-state index is 12.2. The van der Waals surface area contributed by atoms with Crippen LogP contribution in [0.15, 0.2) is 11.1 Å². The summed E-state index contributed by atoms with van der Waals surface area (Å²) in [5, 5.41) is -0.969.